The minimum Gasteiger partial charge on any atom is -0.480 e. The number of ketones is 1. The maximum Gasteiger partial charge on any atom is 0.331 e. The first-order chi connectivity index (χ1) is 5.30. The summed E-state index contributed by atoms with van der Waals surface area (Å²) in [6.45, 7) is 0.997. The summed E-state index contributed by atoms with van der Waals surface area (Å²) < 4.78 is 0. The first-order valence-corrected chi connectivity index (χ1v) is 3.12. The van der Waals surface area contributed by atoms with Gasteiger partial charge in [-0.3, -0.25) is 9.59 Å². The molecule has 12 heavy (non-hydrogen) atoms. The van der Waals surface area contributed by atoms with Crippen molar-refractivity contribution in [2.45, 2.75) is 18.9 Å². The fourth-order valence-corrected chi connectivity index (χ4v) is 0.625. The van der Waals surface area contributed by atoms with Crippen LogP contribution >= 0.6 is 0 Å². The van der Waals surface area contributed by atoms with Gasteiger partial charge in [0, 0.05) is 0 Å². The molecule has 1 atom stereocenters. The third kappa shape index (κ3) is 2.03. The molecule has 0 saturated carbocycles. The molecule has 0 saturated heterocycles. The molecule has 1 amide bonds. The zero-order valence-corrected chi connectivity index (χ0v) is 6.53. The van der Waals surface area contributed by atoms with E-state index in [0.717, 1.165) is 6.92 Å². The second-order valence-electron chi connectivity index (χ2n) is 2.48. The van der Waals surface area contributed by atoms with Crippen molar-refractivity contribution in [3.63, 3.8) is 0 Å². The number of rotatable bonds is 4. The molecule has 0 aromatic rings. The Morgan fingerprint density at radius 1 is 1.42 bits per heavy atom. The van der Waals surface area contributed by atoms with E-state index in [1.54, 1.807) is 0 Å². The van der Waals surface area contributed by atoms with Crippen LogP contribution in [0.1, 0.15) is 13.3 Å². The van der Waals surface area contributed by atoms with Gasteiger partial charge in [-0.25, -0.2) is 4.79 Å². The third-order valence-corrected chi connectivity index (χ3v) is 1.46. The van der Waals surface area contributed by atoms with Crippen LogP contribution in [0, 0.1) is 0 Å². The minimum atomic E-state index is -2.17. The van der Waals surface area contributed by atoms with Crippen LogP contribution in [0.5, 0.6) is 0 Å². The molecule has 5 N–H and O–H groups in total. The Bertz CT molecular complexity index is 222. The van der Waals surface area contributed by atoms with E-state index in [1.807, 2.05) is 0 Å². The zero-order valence-electron chi connectivity index (χ0n) is 6.53. The summed E-state index contributed by atoms with van der Waals surface area (Å²) in [5.74, 6) is -3.27. The van der Waals surface area contributed by atoms with Crippen LogP contribution in [-0.2, 0) is 14.4 Å². The van der Waals surface area contributed by atoms with Crippen LogP contribution < -0.4 is 11.5 Å². The fourth-order valence-electron chi connectivity index (χ4n) is 0.625. The topological polar surface area (TPSA) is 123 Å². The largest absolute Gasteiger partial charge is 0.480 e. The monoisotopic (exact) mass is 174 g/mol. The van der Waals surface area contributed by atoms with Gasteiger partial charge in [0.05, 0.1) is 6.42 Å². The van der Waals surface area contributed by atoms with E-state index in [0.29, 0.717) is 0 Å². The third-order valence-electron chi connectivity index (χ3n) is 1.46. The van der Waals surface area contributed by atoms with Crippen molar-refractivity contribution in [1.29, 1.82) is 0 Å². The highest BCUT2D eigenvalue weighted by Crippen LogP contribution is 2.07. The number of carbonyl (C=O) groups excluding carboxylic acids is 2. The van der Waals surface area contributed by atoms with Crippen LogP contribution in [-0.4, -0.2) is 28.3 Å². The second kappa shape index (κ2) is 3.31. The Labute approximate surface area is 68.5 Å². The van der Waals surface area contributed by atoms with E-state index < -0.39 is 29.6 Å². The SMILES string of the molecule is CC(=O)[C@](N)(CC(N)=O)C(=O)O. The van der Waals surface area contributed by atoms with E-state index in [4.69, 9.17) is 16.6 Å². The number of aliphatic carboxylic acids is 1. The predicted molar refractivity (Wildman–Crippen MR) is 39.0 cm³/mol. The smallest absolute Gasteiger partial charge is 0.331 e. The van der Waals surface area contributed by atoms with Gasteiger partial charge in [0.1, 0.15) is 0 Å². The second-order valence-corrected chi connectivity index (χ2v) is 2.48. The highest BCUT2D eigenvalue weighted by Gasteiger charge is 2.40. The Kier molecular flexibility index (Phi) is 2.92. The van der Waals surface area contributed by atoms with Crippen LogP contribution in [0.15, 0.2) is 0 Å². The molecule has 0 heterocycles. The van der Waals surface area contributed by atoms with Crippen molar-refractivity contribution in [2.24, 2.45) is 11.5 Å². The zero-order chi connectivity index (χ0) is 9.94. The van der Waals surface area contributed by atoms with Crippen molar-refractivity contribution in [3.05, 3.63) is 0 Å². The van der Waals surface area contributed by atoms with Crippen LogP contribution in [0.2, 0.25) is 0 Å². The molecule has 6 nitrogen and oxygen atoms in total. The average molecular weight is 174 g/mol. The molecular formula is C6H10N2O4. The Hall–Kier alpha value is -1.43. The van der Waals surface area contributed by atoms with Gasteiger partial charge in [0.15, 0.2) is 11.3 Å². The molecule has 6 heteroatoms. The van der Waals surface area contributed by atoms with E-state index in [-0.39, 0.29) is 0 Å². The highest BCUT2D eigenvalue weighted by molar-refractivity contribution is 6.09. The van der Waals surface area contributed by atoms with Gasteiger partial charge in [0.25, 0.3) is 0 Å². The molecular weight excluding hydrogens is 164 g/mol. The van der Waals surface area contributed by atoms with Crippen molar-refractivity contribution < 1.29 is 19.5 Å². The van der Waals surface area contributed by atoms with Gasteiger partial charge in [-0.05, 0) is 6.92 Å². The summed E-state index contributed by atoms with van der Waals surface area (Å²) >= 11 is 0. The summed E-state index contributed by atoms with van der Waals surface area (Å²) in [7, 11) is 0. The normalized spacial score (nSPS) is 14.8. The lowest BCUT2D eigenvalue weighted by molar-refractivity contribution is -0.149. The Morgan fingerprint density at radius 3 is 1.92 bits per heavy atom. The Balaban J connectivity index is 4.75. The van der Waals surface area contributed by atoms with Gasteiger partial charge in [-0.1, -0.05) is 0 Å². The molecule has 0 unspecified atom stereocenters. The van der Waals surface area contributed by atoms with Crippen molar-refractivity contribution in [3.8, 4) is 0 Å². The quantitative estimate of drug-likeness (QED) is 0.435. The molecule has 0 rings (SSSR count). The number of amides is 1. The number of nitrogens with two attached hydrogens (primary N) is 2. The molecule has 0 aliphatic rings. The molecule has 0 radical (unpaired) electrons. The lowest BCUT2D eigenvalue weighted by atomic mass is 9.92. The molecule has 0 aromatic heterocycles. The van der Waals surface area contributed by atoms with E-state index in [9.17, 15) is 14.4 Å². The number of hydrogen-bond donors (Lipinski definition) is 3. The summed E-state index contributed by atoms with van der Waals surface area (Å²) in [6.07, 6.45) is -0.683. The van der Waals surface area contributed by atoms with Crippen LogP contribution in [0.3, 0.4) is 0 Å². The van der Waals surface area contributed by atoms with Crippen molar-refractivity contribution >= 4 is 17.7 Å². The van der Waals surface area contributed by atoms with Crippen molar-refractivity contribution in [2.75, 3.05) is 0 Å². The number of carbonyl (C=O) groups is 3. The van der Waals surface area contributed by atoms with Crippen LogP contribution in [0.25, 0.3) is 0 Å². The van der Waals surface area contributed by atoms with Gasteiger partial charge < -0.3 is 16.6 Å². The number of hydrogen-bond acceptors (Lipinski definition) is 4. The fraction of sp³-hybridized carbons (Fsp3) is 0.500. The Morgan fingerprint density at radius 2 is 1.83 bits per heavy atom. The molecule has 0 aromatic carbocycles. The lowest BCUT2D eigenvalue weighted by Gasteiger charge is -2.18. The summed E-state index contributed by atoms with van der Waals surface area (Å²) in [6, 6.07) is 0. The molecule has 0 spiro atoms. The number of primary amides is 1. The highest BCUT2D eigenvalue weighted by atomic mass is 16.4. The first kappa shape index (κ1) is 10.6. The van der Waals surface area contributed by atoms with Gasteiger partial charge in [-0.15, -0.1) is 0 Å². The first-order valence-electron chi connectivity index (χ1n) is 3.12. The molecule has 0 aliphatic heterocycles. The van der Waals surface area contributed by atoms with Gasteiger partial charge in [0.2, 0.25) is 5.91 Å². The maximum absolute atomic E-state index is 10.7. The number of carboxylic acid groups (broad SMARTS) is 1. The van der Waals surface area contributed by atoms with E-state index in [2.05, 4.69) is 0 Å². The predicted octanol–water partition coefficient (Wildman–Crippen LogP) is -1.77. The molecule has 0 fully saturated rings. The minimum absolute atomic E-state index is 0.683. The van der Waals surface area contributed by atoms with E-state index in [1.165, 1.54) is 0 Å². The van der Waals surface area contributed by atoms with Gasteiger partial charge in [-0.2, -0.15) is 0 Å². The molecule has 0 aliphatic carbocycles. The maximum atomic E-state index is 10.7. The number of Topliss-reactive ketones (excluding diaryl/α,β-unsaturated/α-hetero) is 1. The lowest BCUT2D eigenvalue weighted by Crippen LogP contribution is -2.56. The van der Waals surface area contributed by atoms with E-state index >= 15 is 0 Å². The van der Waals surface area contributed by atoms with Crippen molar-refractivity contribution in [1.82, 2.24) is 0 Å². The van der Waals surface area contributed by atoms with Crippen LogP contribution in [0.4, 0.5) is 0 Å². The standard InChI is InChI=1S/C6H10N2O4/c1-3(9)6(8,5(11)12)2-4(7)10/h2,8H2,1H3,(H2,7,10)(H,11,12)/t6-/m1/s1. The summed E-state index contributed by atoms with van der Waals surface area (Å²) in [5, 5.41) is 8.50. The summed E-state index contributed by atoms with van der Waals surface area (Å²) in [5.41, 5.74) is 7.68. The molecule has 68 valence electrons. The summed E-state index contributed by atoms with van der Waals surface area (Å²) in [4.78, 5) is 31.5. The van der Waals surface area contributed by atoms with Gasteiger partial charge >= 0.3 is 5.97 Å². The average Bonchev–Trinajstić information content (AvgIpc) is 1.84. The number of carboxylic acids is 1. The molecule has 0 bridgehead atoms.